The van der Waals surface area contributed by atoms with Gasteiger partial charge in [0.15, 0.2) is 11.5 Å². The van der Waals surface area contributed by atoms with Gasteiger partial charge in [-0.3, -0.25) is 4.79 Å². The molecule has 0 aliphatic heterocycles. The van der Waals surface area contributed by atoms with Crippen LogP contribution in [0.15, 0.2) is 36.5 Å². The lowest BCUT2D eigenvalue weighted by molar-refractivity contribution is 0.102. The van der Waals surface area contributed by atoms with Gasteiger partial charge < -0.3 is 15.2 Å². The molecule has 2 rings (SSSR count). The van der Waals surface area contributed by atoms with E-state index in [1.165, 1.54) is 25.3 Å². The maximum Gasteiger partial charge on any atom is 0.257 e. The van der Waals surface area contributed by atoms with Crippen molar-refractivity contribution in [3.8, 4) is 11.5 Å². The van der Waals surface area contributed by atoms with Gasteiger partial charge in [0.2, 0.25) is 5.95 Å². The average molecular weight is 262 g/mol. The normalized spacial score (nSPS) is 10.0. The number of pyridine rings is 1. The van der Waals surface area contributed by atoms with Gasteiger partial charge in [0, 0.05) is 18.0 Å². The van der Waals surface area contributed by atoms with E-state index in [0.29, 0.717) is 11.4 Å². The lowest BCUT2D eigenvalue weighted by Crippen LogP contribution is -2.12. The van der Waals surface area contributed by atoms with E-state index >= 15 is 0 Å². The van der Waals surface area contributed by atoms with E-state index in [4.69, 9.17) is 4.74 Å². The third-order valence-electron chi connectivity index (χ3n) is 2.43. The van der Waals surface area contributed by atoms with Crippen molar-refractivity contribution in [1.82, 2.24) is 4.98 Å². The molecule has 2 N–H and O–H groups in total. The van der Waals surface area contributed by atoms with E-state index in [1.54, 1.807) is 6.07 Å². The number of halogens is 1. The van der Waals surface area contributed by atoms with Crippen LogP contribution in [0.1, 0.15) is 10.4 Å². The quantitative estimate of drug-likeness (QED) is 0.832. The van der Waals surface area contributed by atoms with E-state index in [2.05, 4.69) is 10.3 Å². The van der Waals surface area contributed by atoms with Gasteiger partial charge in [0.05, 0.1) is 12.7 Å². The number of amides is 1. The van der Waals surface area contributed by atoms with Gasteiger partial charge in [-0.05, 0) is 24.3 Å². The predicted octanol–water partition coefficient (Wildman–Crippen LogP) is 2.19. The number of nitrogens with one attached hydrogen (secondary N) is 1. The first-order valence-corrected chi connectivity index (χ1v) is 5.40. The summed E-state index contributed by atoms with van der Waals surface area (Å²) in [5.41, 5.74) is 0.615. The zero-order valence-electron chi connectivity index (χ0n) is 10.1. The van der Waals surface area contributed by atoms with Crippen LogP contribution in [0.2, 0.25) is 0 Å². The lowest BCUT2D eigenvalue weighted by Gasteiger charge is -2.07. The Bertz CT molecular complexity index is 599. The molecule has 0 fully saturated rings. The minimum atomic E-state index is -0.654. The number of aromatic nitrogens is 1. The summed E-state index contributed by atoms with van der Waals surface area (Å²) in [5.74, 6) is -0.880. The summed E-state index contributed by atoms with van der Waals surface area (Å²) in [6.45, 7) is 0. The molecule has 2 aromatic rings. The van der Waals surface area contributed by atoms with Gasteiger partial charge in [-0.1, -0.05) is 0 Å². The second kappa shape index (κ2) is 5.34. The Morgan fingerprint density at radius 3 is 2.74 bits per heavy atom. The van der Waals surface area contributed by atoms with Gasteiger partial charge in [-0.2, -0.15) is 4.39 Å². The smallest absolute Gasteiger partial charge is 0.257 e. The third kappa shape index (κ3) is 2.98. The summed E-state index contributed by atoms with van der Waals surface area (Å²) < 4.78 is 17.5. The molecular formula is C13H11FN2O3. The minimum Gasteiger partial charge on any atom is -0.504 e. The molecule has 0 atom stereocenters. The number of methoxy groups -OCH3 is 1. The lowest BCUT2D eigenvalue weighted by atomic mass is 10.2. The first-order valence-electron chi connectivity index (χ1n) is 5.40. The molecule has 0 aliphatic carbocycles. The Hall–Kier alpha value is -2.63. The molecule has 0 saturated carbocycles. The number of phenolic OH excluding ortho intramolecular Hbond substituents is 1. The van der Waals surface area contributed by atoms with Gasteiger partial charge in [0.1, 0.15) is 0 Å². The Morgan fingerprint density at radius 1 is 1.37 bits per heavy atom. The number of nitrogens with zero attached hydrogens (tertiary/aromatic N) is 1. The zero-order valence-corrected chi connectivity index (χ0v) is 10.1. The van der Waals surface area contributed by atoms with Crippen molar-refractivity contribution in [2.45, 2.75) is 0 Å². The molecule has 0 bridgehead atoms. The van der Waals surface area contributed by atoms with Crippen LogP contribution >= 0.6 is 0 Å². The molecule has 1 aromatic carbocycles. The van der Waals surface area contributed by atoms with Crippen LogP contribution < -0.4 is 10.1 Å². The second-order valence-electron chi connectivity index (χ2n) is 3.71. The number of rotatable bonds is 3. The van der Waals surface area contributed by atoms with Crippen LogP contribution in [0, 0.1) is 5.95 Å². The summed E-state index contributed by atoms with van der Waals surface area (Å²) in [7, 11) is 1.43. The number of hydrogen-bond acceptors (Lipinski definition) is 4. The monoisotopic (exact) mass is 262 g/mol. The number of hydrogen-bond donors (Lipinski definition) is 2. The number of phenols is 1. The van der Waals surface area contributed by atoms with E-state index < -0.39 is 11.9 Å². The number of carbonyl (C=O) groups is 1. The van der Waals surface area contributed by atoms with Crippen LogP contribution in [-0.2, 0) is 0 Å². The largest absolute Gasteiger partial charge is 0.504 e. The molecular weight excluding hydrogens is 251 g/mol. The highest BCUT2D eigenvalue weighted by molar-refractivity contribution is 6.04. The zero-order chi connectivity index (χ0) is 13.8. The predicted molar refractivity (Wildman–Crippen MR) is 66.8 cm³/mol. The van der Waals surface area contributed by atoms with Crippen molar-refractivity contribution in [2.24, 2.45) is 0 Å². The molecule has 6 heteroatoms. The summed E-state index contributed by atoms with van der Waals surface area (Å²) in [4.78, 5) is 15.2. The summed E-state index contributed by atoms with van der Waals surface area (Å²) in [6.07, 6.45) is 1.13. The van der Waals surface area contributed by atoms with Crippen molar-refractivity contribution in [3.05, 3.63) is 48.0 Å². The summed E-state index contributed by atoms with van der Waals surface area (Å²) in [5, 5.41) is 12.1. The van der Waals surface area contributed by atoms with Gasteiger partial charge in [-0.25, -0.2) is 4.98 Å². The fourth-order valence-electron chi connectivity index (χ4n) is 1.48. The van der Waals surface area contributed by atoms with E-state index in [9.17, 15) is 14.3 Å². The van der Waals surface area contributed by atoms with Crippen LogP contribution in [0.5, 0.6) is 11.5 Å². The van der Waals surface area contributed by atoms with Crippen molar-refractivity contribution in [3.63, 3.8) is 0 Å². The van der Waals surface area contributed by atoms with Crippen LogP contribution in [0.4, 0.5) is 10.1 Å². The molecule has 0 radical (unpaired) electrons. The highest BCUT2D eigenvalue weighted by Crippen LogP contribution is 2.28. The molecule has 0 unspecified atom stereocenters. The first-order chi connectivity index (χ1) is 9.10. The fourth-order valence-corrected chi connectivity index (χ4v) is 1.48. The maximum atomic E-state index is 12.6. The van der Waals surface area contributed by atoms with E-state index in [-0.39, 0.29) is 11.3 Å². The van der Waals surface area contributed by atoms with Gasteiger partial charge in [-0.15, -0.1) is 0 Å². The molecule has 1 amide bonds. The average Bonchev–Trinajstić information content (AvgIpc) is 2.39. The molecule has 0 aliphatic rings. The van der Waals surface area contributed by atoms with Crippen LogP contribution in [0.25, 0.3) is 0 Å². The first kappa shape index (κ1) is 12.8. The van der Waals surface area contributed by atoms with Crippen molar-refractivity contribution >= 4 is 11.6 Å². The van der Waals surface area contributed by atoms with Crippen molar-refractivity contribution < 1.29 is 19.0 Å². The molecule has 98 valence electrons. The Labute approximate surface area is 108 Å². The number of anilines is 1. The summed E-state index contributed by atoms with van der Waals surface area (Å²) in [6, 6.07) is 6.87. The molecule has 1 heterocycles. The Balaban J connectivity index is 2.14. The highest BCUT2D eigenvalue weighted by Gasteiger charge is 2.08. The van der Waals surface area contributed by atoms with Crippen LogP contribution in [0.3, 0.4) is 0 Å². The molecule has 19 heavy (non-hydrogen) atoms. The summed E-state index contributed by atoms with van der Waals surface area (Å²) >= 11 is 0. The second-order valence-corrected chi connectivity index (χ2v) is 3.71. The van der Waals surface area contributed by atoms with E-state index in [1.807, 2.05) is 0 Å². The van der Waals surface area contributed by atoms with Crippen LogP contribution in [-0.4, -0.2) is 23.1 Å². The highest BCUT2D eigenvalue weighted by atomic mass is 19.1. The molecule has 0 spiro atoms. The van der Waals surface area contributed by atoms with Crippen molar-refractivity contribution in [2.75, 3.05) is 12.4 Å². The Morgan fingerprint density at radius 2 is 2.16 bits per heavy atom. The number of aromatic hydroxyl groups is 1. The molecule has 5 nitrogen and oxygen atoms in total. The Kier molecular flexibility index (Phi) is 3.61. The van der Waals surface area contributed by atoms with Crippen molar-refractivity contribution in [1.29, 1.82) is 0 Å². The van der Waals surface area contributed by atoms with Gasteiger partial charge >= 0.3 is 0 Å². The molecule has 1 aromatic heterocycles. The standard InChI is InChI=1S/C13H11FN2O3/c1-19-11-4-3-9(6-10(11)17)16-13(18)8-2-5-12(14)15-7-8/h2-7,17H,1H3,(H,16,18). The number of benzene rings is 1. The molecule has 0 saturated heterocycles. The maximum absolute atomic E-state index is 12.6. The topological polar surface area (TPSA) is 71.5 Å². The van der Waals surface area contributed by atoms with E-state index in [0.717, 1.165) is 12.3 Å². The number of ether oxygens (including phenoxy) is 1. The van der Waals surface area contributed by atoms with Gasteiger partial charge in [0.25, 0.3) is 5.91 Å². The number of carbonyl (C=O) groups excluding carboxylic acids is 1. The third-order valence-corrected chi connectivity index (χ3v) is 2.43. The SMILES string of the molecule is COc1ccc(NC(=O)c2ccc(F)nc2)cc1O. The minimum absolute atomic E-state index is 0.0856. The fraction of sp³-hybridized carbons (Fsp3) is 0.0769.